The van der Waals surface area contributed by atoms with Crippen LogP contribution in [-0.2, 0) is 14.8 Å². The number of rotatable bonds is 10. The van der Waals surface area contributed by atoms with Gasteiger partial charge < -0.3 is 14.8 Å². The fourth-order valence-electron chi connectivity index (χ4n) is 3.38. The molecule has 0 aliphatic rings. The van der Waals surface area contributed by atoms with Gasteiger partial charge in [0.15, 0.2) is 6.61 Å². The van der Waals surface area contributed by atoms with Crippen molar-refractivity contribution in [3.8, 4) is 11.5 Å². The summed E-state index contributed by atoms with van der Waals surface area (Å²) in [6.45, 7) is 10.3. The molecule has 0 saturated heterocycles. The maximum Gasteiger partial charge on any atom is 0.262 e. The molecule has 0 fully saturated rings. The third kappa shape index (κ3) is 5.98. The van der Waals surface area contributed by atoms with Gasteiger partial charge in [0.2, 0.25) is 10.0 Å². The van der Waals surface area contributed by atoms with Gasteiger partial charge in [-0.2, -0.15) is 4.31 Å². The van der Waals surface area contributed by atoms with Crippen LogP contribution in [-0.4, -0.2) is 45.4 Å². The van der Waals surface area contributed by atoms with Gasteiger partial charge >= 0.3 is 0 Å². The second-order valence-corrected chi connectivity index (χ2v) is 9.40. The van der Waals surface area contributed by atoms with Gasteiger partial charge in [-0.3, -0.25) is 4.79 Å². The van der Waals surface area contributed by atoms with E-state index in [0.717, 1.165) is 5.56 Å². The predicted octanol–water partition coefficient (Wildman–Crippen LogP) is 4.18. The van der Waals surface area contributed by atoms with Crippen molar-refractivity contribution in [3.63, 3.8) is 0 Å². The van der Waals surface area contributed by atoms with Crippen molar-refractivity contribution in [2.24, 2.45) is 0 Å². The van der Waals surface area contributed by atoms with Crippen LogP contribution in [0.2, 0.25) is 0 Å². The molecule has 2 rings (SSSR count). The van der Waals surface area contributed by atoms with Crippen LogP contribution in [0.15, 0.2) is 41.3 Å². The molecule has 0 spiro atoms. The molecule has 0 aliphatic heterocycles. The van der Waals surface area contributed by atoms with Gasteiger partial charge in [-0.15, -0.1) is 0 Å². The third-order valence-corrected chi connectivity index (χ3v) is 7.07. The summed E-state index contributed by atoms with van der Waals surface area (Å²) in [5.74, 6) is 0.955. The lowest BCUT2D eigenvalue weighted by Crippen LogP contribution is -2.30. The van der Waals surface area contributed by atoms with Gasteiger partial charge in [-0.05, 0) is 54.3 Å². The molecular weight excluding hydrogens is 416 g/mol. The Hall–Kier alpha value is -2.58. The van der Waals surface area contributed by atoms with Crippen molar-refractivity contribution in [3.05, 3.63) is 47.5 Å². The Morgan fingerprint density at radius 2 is 1.77 bits per heavy atom. The second-order valence-electron chi connectivity index (χ2n) is 7.46. The molecule has 0 aromatic heterocycles. The first-order valence-corrected chi connectivity index (χ1v) is 11.8. The number of sulfonamides is 1. The molecule has 2 aromatic rings. The number of benzene rings is 2. The summed E-state index contributed by atoms with van der Waals surface area (Å²) < 4.78 is 37.8. The van der Waals surface area contributed by atoms with E-state index in [0.29, 0.717) is 30.5 Å². The van der Waals surface area contributed by atoms with E-state index in [-0.39, 0.29) is 17.2 Å². The standard InChI is InChI=1S/C23H32N2O5S/c1-7-25(8-2)31(27,28)19-10-12-22(29-6)21(14-19)24-23(26)15-30-18-9-11-20(16(3)4)17(5)13-18/h9-14,16H,7-8,15H2,1-6H3,(H,24,26). The molecule has 170 valence electrons. The molecule has 0 aliphatic carbocycles. The lowest BCUT2D eigenvalue weighted by molar-refractivity contribution is -0.118. The van der Waals surface area contributed by atoms with Crippen LogP contribution in [0.1, 0.15) is 44.7 Å². The maximum atomic E-state index is 12.8. The van der Waals surface area contributed by atoms with Crippen molar-refractivity contribution in [1.29, 1.82) is 0 Å². The Balaban J connectivity index is 2.16. The number of nitrogens with one attached hydrogen (secondary N) is 1. The van der Waals surface area contributed by atoms with Crippen LogP contribution >= 0.6 is 0 Å². The van der Waals surface area contributed by atoms with E-state index < -0.39 is 15.9 Å². The average molecular weight is 449 g/mol. The molecule has 1 N–H and O–H groups in total. The molecule has 31 heavy (non-hydrogen) atoms. The number of hydrogen-bond acceptors (Lipinski definition) is 5. The third-order valence-electron chi connectivity index (χ3n) is 5.02. The number of anilines is 1. The van der Waals surface area contributed by atoms with E-state index in [1.807, 2.05) is 25.1 Å². The normalized spacial score (nSPS) is 11.6. The van der Waals surface area contributed by atoms with E-state index in [4.69, 9.17) is 9.47 Å². The summed E-state index contributed by atoms with van der Waals surface area (Å²) >= 11 is 0. The van der Waals surface area contributed by atoms with E-state index in [1.54, 1.807) is 13.8 Å². The van der Waals surface area contributed by atoms with Crippen LogP contribution in [0.4, 0.5) is 5.69 Å². The summed E-state index contributed by atoms with van der Waals surface area (Å²) in [6, 6.07) is 10.1. The monoisotopic (exact) mass is 448 g/mol. The van der Waals surface area contributed by atoms with Gasteiger partial charge in [0.25, 0.3) is 5.91 Å². The number of ether oxygens (including phenoxy) is 2. The predicted molar refractivity (Wildman–Crippen MR) is 122 cm³/mol. The van der Waals surface area contributed by atoms with E-state index >= 15 is 0 Å². The quantitative estimate of drug-likeness (QED) is 0.590. The number of methoxy groups -OCH3 is 1. The minimum atomic E-state index is -3.66. The van der Waals surface area contributed by atoms with Crippen molar-refractivity contribution < 1.29 is 22.7 Å². The Labute approximate surface area is 185 Å². The Kier molecular flexibility index (Phi) is 8.47. The highest BCUT2D eigenvalue weighted by Crippen LogP contribution is 2.29. The largest absolute Gasteiger partial charge is 0.495 e. The lowest BCUT2D eigenvalue weighted by Gasteiger charge is -2.19. The van der Waals surface area contributed by atoms with Crippen molar-refractivity contribution in [2.75, 3.05) is 32.1 Å². The van der Waals surface area contributed by atoms with Crippen LogP contribution in [0.25, 0.3) is 0 Å². The molecule has 0 bridgehead atoms. The molecule has 2 aromatic carbocycles. The first-order valence-electron chi connectivity index (χ1n) is 10.3. The average Bonchev–Trinajstić information content (AvgIpc) is 2.72. The number of amides is 1. The zero-order valence-electron chi connectivity index (χ0n) is 19.1. The lowest BCUT2D eigenvalue weighted by atomic mass is 9.98. The molecular formula is C23H32N2O5S. The van der Waals surface area contributed by atoms with E-state index in [1.165, 1.54) is 35.2 Å². The molecule has 7 nitrogen and oxygen atoms in total. The summed E-state index contributed by atoms with van der Waals surface area (Å²) in [4.78, 5) is 12.6. The number of hydrogen-bond donors (Lipinski definition) is 1. The Bertz CT molecular complexity index is 1010. The summed E-state index contributed by atoms with van der Waals surface area (Å²) in [5.41, 5.74) is 2.60. The summed E-state index contributed by atoms with van der Waals surface area (Å²) in [7, 11) is -2.20. The molecule has 0 unspecified atom stereocenters. The highest BCUT2D eigenvalue weighted by Gasteiger charge is 2.23. The molecule has 8 heteroatoms. The van der Waals surface area contributed by atoms with Crippen LogP contribution in [0.3, 0.4) is 0 Å². The van der Waals surface area contributed by atoms with Crippen molar-refractivity contribution in [2.45, 2.75) is 45.4 Å². The van der Waals surface area contributed by atoms with Crippen LogP contribution in [0, 0.1) is 6.92 Å². The zero-order valence-corrected chi connectivity index (χ0v) is 19.9. The van der Waals surface area contributed by atoms with Gasteiger partial charge in [-0.25, -0.2) is 8.42 Å². The minimum Gasteiger partial charge on any atom is -0.495 e. The van der Waals surface area contributed by atoms with Gasteiger partial charge in [0.05, 0.1) is 17.7 Å². The number of aryl methyl sites for hydroxylation is 1. The fourth-order valence-corrected chi connectivity index (χ4v) is 4.86. The van der Waals surface area contributed by atoms with Gasteiger partial charge in [-0.1, -0.05) is 33.8 Å². The molecule has 0 heterocycles. The number of nitrogens with zero attached hydrogens (tertiary/aromatic N) is 1. The molecule has 0 saturated carbocycles. The van der Waals surface area contributed by atoms with Gasteiger partial charge in [0, 0.05) is 13.1 Å². The number of carbonyl (C=O) groups is 1. The maximum absolute atomic E-state index is 12.8. The van der Waals surface area contributed by atoms with E-state index in [2.05, 4.69) is 19.2 Å². The summed E-state index contributed by atoms with van der Waals surface area (Å²) in [5, 5.41) is 2.69. The SMILES string of the molecule is CCN(CC)S(=O)(=O)c1ccc(OC)c(NC(=O)COc2ccc(C(C)C)c(C)c2)c1. The molecule has 0 radical (unpaired) electrons. The highest BCUT2D eigenvalue weighted by atomic mass is 32.2. The highest BCUT2D eigenvalue weighted by molar-refractivity contribution is 7.89. The van der Waals surface area contributed by atoms with Crippen LogP contribution < -0.4 is 14.8 Å². The second kappa shape index (κ2) is 10.6. The van der Waals surface area contributed by atoms with Gasteiger partial charge in [0.1, 0.15) is 11.5 Å². The first kappa shape index (κ1) is 24.7. The van der Waals surface area contributed by atoms with E-state index in [9.17, 15) is 13.2 Å². The first-order chi connectivity index (χ1) is 14.6. The fraction of sp³-hybridized carbons (Fsp3) is 0.435. The topological polar surface area (TPSA) is 84.9 Å². The zero-order chi connectivity index (χ0) is 23.2. The molecule has 0 atom stereocenters. The van der Waals surface area contributed by atoms with Crippen molar-refractivity contribution >= 4 is 21.6 Å². The smallest absolute Gasteiger partial charge is 0.262 e. The minimum absolute atomic E-state index is 0.0908. The van der Waals surface area contributed by atoms with Crippen molar-refractivity contribution in [1.82, 2.24) is 4.31 Å². The Morgan fingerprint density at radius 1 is 1.10 bits per heavy atom. The Morgan fingerprint density at radius 3 is 2.32 bits per heavy atom. The summed E-state index contributed by atoms with van der Waals surface area (Å²) in [6.07, 6.45) is 0. The van der Waals surface area contributed by atoms with Crippen LogP contribution in [0.5, 0.6) is 11.5 Å². The number of carbonyl (C=O) groups excluding carboxylic acids is 1. The molecule has 1 amide bonds.